The molecule has 0 aliphatic heterocycles. The van der Waals surface area contributed by atoms with Crippen molar-refractivity contribution in [3.05, 3.63) is 41.6 Å². The van der Waals surface area contributed by atoms with Gasteiger partial charge in [0.25, 0.3) is 5.97 Å². The molecule has 0 amide bonds. The summed E-state index contributed by atoms with van der Waals surface area (Å²) in [7, 11) is 0. The second-order valence-electron chi connectivity index (χ2n) is 3.05. The first-order chi connectivity index (χ1) is 6.70. The van der Waals surface area contributed by atoms with Crippen LogP contribution in [0.3, 0.4) is 0 Å². The van der Waals surface area contributed by atoms with Gasteiger partial charge in [-0.1, -0.05) is 42.8 Å². The molecule has 0 unspecified atom stereocenters. The first-order valence-corrected chi connectivity index (χ1v) is 4.20. The summed E-state index contributed by atoms with van der Waals surface area (Å²) in [6.07, 6.45) is 2.69. The Labute approximate surface area is 112 Å². The van der Waals surface area contributed by atoms with Crippen molar-refractivity contribution in [2.24, 2.45) is 0 Å². The van der Waals surface area contributed by atoms with Gasteiger partial charge in [0, 0.05) is 0 Å². The predicted octanol–water partition coefficient (Wildman–Crippen LogP) is 2.04. The molecule has 3 nitrogen and oxygen atoms in total. The molecule has 4 heteroatoms. The number of benzene rings is 1. The SMILES string of the molecule is Cc1[c-]nc2ccccc2c1C(=O)O.[Y+3]. The fraction of sp³-hybridized carbons (Fsp3) is 0.0909. The topological polar surface area (TPSA) is 50.2 Å². The van der Waals surface area contributed by atoms with Gasteiger partial charge < -0.3 is 10.1 Å². The molecular weight excluding hydrogens is 267 g/mol. The molecule has 0 saturated carbocycles. The number of aromatic carboxylic acids is 1. The molecule has 2 aromatic rings. The number of hydrogen-bond acceptors (Lipinski definition) is 2. The average Bonchev–Trinajstić information content (AvgIpc) is 2.17. The van der Waals surface area contributed by atoms with E-state index in [1.165, 1.54) is 0 Å². The number of carbonyl (C=O) groups is 1. The molecule has 0 aliphatic rings. The third kappa shape index (κ3) is 2.24. The van der Waals surface area contributed by atoms with Crippen molar-refractivity contribution >= 4 is 16.9 Å². The predicted molar refractivity (Wildman–Crippen MR) is 52.3 cm³/mol. The summed E-state index contributed by atoms with van der Waals surface area (Å²) < 4.78 is 0. The smallest absolute Gasteiger partial charge is 0.487 e. The Hall–Kier alpha value is -0.796. The molecule has 15 heavy (non-hydrogen) atoms. The minimum absolute atomic E-state index is 0. The zero-order chi connectivity index (χ0) is 10.1. The number of rotatable bonds is 1. The summed E-state index contributed by atoms with van der Waals surface area (Å²) in [5, 5.41) is 9.68. The van der Waals surface area contributed by atoms with Gasteiger partial charge in [0.15, 0.2) is 0 Å². The molecular formula is C11H8NO2Y+2. The van der Waals surface area contributed by atoms with E-state index in [9.17, 15) is 4.79 Å². The van der Waals surface area contributed by atoms with Crippen LogP contribution < -0.4 is 0 Å². The standard InChI is InChI=1S/C11H8NO2.Y/c1-7-6-12-9-5-3-2-4-8(9)10(7)11(13)14;/h2-5H,1H3,(H,13,14);/q-1;+3. The number of fused-ring (bicyclic) bond motifs is 1. The van der Waals surface area contributed by atoms with E-state index in [0.717, 1.165) is 0 Å². The van der Waals surface area contributed by atoms with Crippen molar-refractivity contribution in [3.63, 3.8) is 0 Å². The van der Waals surface area contributed by atoms with E-state index in [4.69, 9.17) is 5.11 Å². The maximum atomic E-state index is 11.0. The van der Waals surface area contributed by atoms with E-state index >= 15 is 0 Å². The summed E-state index contributed by atoms with van der Waals surface area (Å²) in [5.74, 6) is -0.933. The maximum absolute atomic E-state index is 11.0. The quantitative estimate of drug-likeness (QED) is 0.810. The van der Waals surface area contributed by atoms with Crippen LogP contribution in [0.25, 0.3) is 10.9 Å². The second kappa shape index (κ2) is 4.82. The molecule has 0 aliphatic carbocycles. The van der Waals surface area contributed by atoms with Gasteiger partial charge in [-0.15, -0.1) is 5.56 Å². The Morgan fingerprint density at radius 3 is 2.73 bits per heavy atom. The largest absolute Gasteiger partial charge is 3.00 e. The average molecular weight is 275 g/mol. The Kier molecular flexibility index (Phi) is 3.94. The summed E-state index contributed by atoms with van der Waals surface area (Å²) in [4.78, 5) is 15.0. The summed E-state index contributed by atoms with van der Waals surface area (Å²) in [6.45, 7) is 1.70. The third-order valence-electron chi connectivity index (χ3n) is 2.11. The number of para-hydroxylation sites is 1. The zero-order valence-electron chi connectivity index (χ0n) is 8.19. The van der Waals surface area contributed by atoms with Gasteiger partial charge in [0.1, 0.15) is 0 Å². The molecule has 1 aromatic heterocycles. The van der Waals surface area contributed by atoms with Gasteiger partial charge in [-0.05, 0) is 11.1 Å². The van der Waals surface area contributed by atoms with Gasteiger partial charge in [-0.2, -0.15) is 0 Å². The zero-order valence-corrected chi connectivity index (χ0v) is 11.0. The molecule has 0 bridgehead atoms. The van der Waals surface area contributed by atoms with Crippen molar-refractivity contribution in [2.75, 3.05) is 0 Å². The number of aromatic nitrogens is 1. The Morgan fingerprint density at radius 1 is 1.40 bits per heavy atom. The number of pyridine rings is 1. The van der Waals surface area contributed by atoms with E-state index in [2.05, 4.69) is 11.2 Å². The minimum atomic E-state index is -0.933. The molecule has 0 spiro atoms. The first-order valence-electron chi connectivity index (χ1n) is 4.20. The Bertz CT molecular complexity index is 511. The first kappa shape index (κ1) is 12.3. The number of aryl methyl sites for hydroxylation is 1. The fourth-order valence-electron chi connectivity index (χ4n) is 1.46. The van der Waals surface area contributed by atoms with Crippen molar-refractivity contribution in [3.8, 4) is 0 Å². The maximum Gasteiger partial charge on any atom is 3.00 e. The minimum Gasteiger partial charge on any atom is -0.487 e. The van der Waals surface area contributed by atoms with Gasteiger partial charge >= 0.3 is 32.7 Å². The van der Waals surface area contributed by atoms with Gasteiger partial charge in [0.2, 0.25) is 0 Å². The Balaban J connectivity index is 0.00000112. The van der Waals surface area contributed by atoms with Crippen molar-refractivity contribution in [2.45, 2.75) is 6.92 Å². The number of hydrogen-bond donors (Lipinski definition) is 1. The molecule has 0 atom stereocenters. The summed E-state index contributed by atoms with van der Waals surface area (Å²) in [6, 6.07) is 7.16. The number of carboxylic acid groups (broad SMARTS) is 1. The molecule has 0 saturated heterocycles. The summed E-state index contributed by atoms with van der Waals surface area (Å²) >= 11 is 0. The third-order valence-corrected chi connectivity index (χ3v) is 2.11. The van der Waals surface area contributed by atoms with Crippen molar-refractivity contribution in [1.29, 1.82) is 0 Å². The molecule has 70 valence electrons. The van der Waals surface area contributed by atoms with Gasteiger partial charge in [-0.3, -0.25) is 4.79 Å². The molecule has 1 aromatic carbocycles. The van der Waals surface area contributed by atoms with Crippen LogP contribution in [-0.2, 0) is 32.7 Å². The van der Waals surface area contributed by atoms with Crippen LogP contribution >= 0.6 is 0 Å². The summed E-state index contributed by atoms with van der Waals surface area (Å²) in [5.41, 5.74) is 1.52. The normalized spacial score (nSPS) is 9.67. The van der Waals surface area contributed by atoms with E-state index in [1.807, 2.05) is 6.07 Å². The van der Waals surface area contributed by atoms with E-state index in [-0.39, 0.29) is 38.3 Å². The van der Waals surface area contributed by atoms with Gasteiger partial charge in [0.05, 0.1) is 0 Å². The van der Waals surface area contributed by atoms with E-state index < -0.39 is 5.97 Å². The Morgan fingerprint density at radius 2 is 2.07 bits per heavy atom. The number of carboxylic acids is 1. The molecule has 0 radical (unpaired) electrons. The fourth-order valence-corrected chi connectivity index (χ4v) is 1.46. The van der Waals surface area contributed by atoms with Crippen LogP contribution in [-0.4, -0.2) is 16.1 Å². The van der Waals surface area contributed by atoms with Crippen LogP contribution in [0.1, 0.15) is 15.9 Å². The monoisotopic (exact) mass is 275 g/mol. The molecule has 0 fully saturated rings. The van der Waals surface area contributed by atoms with Crippen LogP contribution in [0.4, 0.5) is 0 Å². The molecule has 2 rings (SSSR count). The van der Waals surface area contributed by atoms with E-state index in [1.54, 1.807) is 25.1 Å². The van der Waals surface area contributed by atoms with Gasteiger partial charge in [-0.25, -0.2) is 0 Å². The van der Waals surface area contributed by atoms with Crippen molar-refractivity contribution in [1.82, 2.24) is 4.98 Å². The van der Waals surface area contributed by atoms with Crippen LogP contribution in [0.15, 0.2) is 24.3 Å². The van der Waals surface area contributed by atoms with E-state index in [0.29, 0.717) is 16.5 Å². The van der Waals surface area contributed by atoms with Crippen LogP contribution in [0.5, 0.6) is 0 Å². The molecule has 1 heterocycles. The number of nitrogens with zero attached hydrogens (tertiary/aromatic N) is 1. The van der Waals surface area contributed by atoms with Crippen LogP contribution in [0, 0.1) is 13.1 Å². The molecule has 1 N–H and O–H groups in total. The second-order valence-corrected chi connectivity index (χ2v) is 3.05. The van der Waals surface area contributed by atoms with Crippen LogP contribution in [0.2, 0.25) is 0 Å². The van der Waals surface area contributed by atoms with Crippen molar-refractivity contribution < 1.29 is 42.6 Å².